The summed E-state index contributed by atoms with van der Waals surface area (Å²) in [5.41, 5.74) is -0.723. The second-order valence-corrected chi connectivity index (χ2v) is 5.46. The molecule has 21 heavy (non-hydrogen) atoms. The van der Waals surface area contributed by atoms with Gasteiger partial charge in [0.25, 0.3) is 0 Å². The summed E-state index contributed by atoms with van der Waals surface area (Å²) in [6, 6.07) is 7.57. The molecule has 0 bridgehead atoms. The Hall–Kier alpha value is -1.73. The fourth-order valence-corrected chi connectivity index (χ4v) is 2.52. The summed E-state index contributed by atoms with van der Waals surface area (Å²) in [6.07, 6.45) is -2.81. The van der Waals surface area contributed by atoms with Crippen molar-refractivity contribution >= 4 is 29.6 Å². The number of alkyl halides is 3. The van der Waals surface area contributed by atoms with Gasteiger partial charge in [-0.05, 0) is 30.3 Å². The zero-order valence-electron chi connectivity index (χ0n) is 10.3. The zero-order chi connectivity index (χ0) is 15.5. The van der Waals surface area contributed by atoms with Crippen molar-refractivity contribution in [3.05, 3.63) is 52.8 Å². The molecule has 1 heterocycles. The number of nitrogens with zero attached hydrogens (tertiary/aromatic N) is 2. The fraction of sp³-hybridized carbons (Fsp3) is 0.0769. The maximum absolute atomic E-state index is 12.7. The zero-order valence-corrected chi connectivity index (χ0v) is 11.9. The van der Waals surface area contributed by atoms with Gasteiger partial charge in [0.1, 0.15) is 0 Å². The minimum absolute atomic E-state index is 0.144. The predicted molar refractivity (Wildman–Crippen MR) is 74.2 cm³/mol. The normalized spacial score (nSPS) is 12.0. The second kappa shape index (κ2) is 6.36. The van der Waals surface area contributed by atoms with Gasteiger partial charge >= 0.3 is 6.18 Å². The number of hydrogen-bond acceptors (Lipinski definition) is 4. The summed E-state index contributed by atoms with van der Waals surface area (Å²) in [6.45, 7) is 0. The Labute approximate surface area is 127 Å². The van der Waals surface area contributed by atoms with E-state index in [0.717, 1.165) is 24.0 Å². The van der Waals surface area contributed by atoms with Crippen molar-refractivity contribution in [2.45, 2.75) is 16.0 Å². The molecule has 0 spiro atoms. The van der Waals surface area contributed by atoms with Gasteiger partial charge < -0.3 is 5.21 Å². The number of halogens is 4. The van der Waals surface area contributed by atoms with Crippen LogP contribution in [-0.4, -0.2) is 16.4 Å². The Morgan fingerprint density at radius 1 is 1.24 bits per heavy atom. The van der Waals surface area contributed by atoms with Crippen LogP contribution >= 0.6 is 23.4 Å². The highest BCUT2D eigenvalue weighted by Crippen LogP contribution is 2.35. The van der Waals surface area contributed by atoms with Crippen molar-refractivity contribution in [2.75, 3.05) is 0 Å². The third kappa shape index (κ3) is 4.12. The van der Waals surface area contributed by atoms with Crippen LogP contribution in [0, 0.1) is 0 Å². The van der Waals surface area contributed by atoms with Crippen molar-refractivity contribution in [1.29, 1.82) is 0 Å². The van der Waals surface area contributed by atoms with Gasteiger partial charge in [-0.25, -0.2) is 0 Å². The van der Waals surface area contributed by atoms with Crippen molar-refractivity contribution < 1.29 is 18.4 Å². The first-order chi connectivity index (χ1) is 9.90. The highest BCUT2D eigenvalue weighted by Gasteiger charge is 2.31. The predicted octanol–water partition coefficient (Wildman–Crippen LogP) is 4.71. The highest BCUT2D eigenvalue weighted by atomic mass is 35.5. The van der Waals surface area contributed by atoms with Crippen LogP contribution in [0.15, 0.2) is 51.5 Å². The maximum atomic E-state index is 12.7. The van der Waals surface area contributed by atoms with E-state index in [9.17, 15) is 13.2 Å². The van der Waals surface area contributed by atoms with Crippen LogP contribution in [0.1, 0.15) is 11.3 Å². The summed E-state index contributed by atoms with van der Waals surface area (Å²) < 4.78 is 38.2. The molecule has 0 saturated carbocycles. The molecule has 0 aliphatic carbocycles. The van der Waals surface area contributed by atoms with Crippen molar-refractivity contribution in [3.63, 3.8) is 0 Å². The number of rotatable bonds is 3. The minimum atomic E-state index is -4.49. The first-order valence-electron chi connectivity index (χ1n) is 5.58. The molecule has 0 atom stereocenters. The monoisotopic (exact) mass is 332 g/mol. The summed E-state index contributed by atoms with van der Waals surface area (Å²) in [7, 11) is 0. The summed E-state index contributed by atoms with van der Waals surface area (Å²) in [4.78, 5) is 4.59. The molecule has 1 aromatic carbocycles. The van der Waals surface area contributed by atoms with Gasteiger partial charge in [0.15, 0.2) is 0 Å². The Balaban J connectivity index is 2.41. The van der Waals surface area contributed by atoms with Gasteiger partial charge in [0.05, 0.1) is 17.5 Å². The molecule has 2 rings (SSSR count). The van der Waals surface area contributed by atoms with Crippen molar-refractivity contribution in [1.82, 2.24) is 4.98 Å². The second-order valence-electron chi connectivity index (χ2n) is 3.91. The highest BCUT2D eigenvalue weighted by molar-refractivity contribution is 7.99. The van der Waals surface area contributed by atoms with E-state index < -0.39 is 11.7 Å². The van der Waals surface area contributed by atoms with E-state index in [1.54, 1.807) is 24.3 Å². The molecule has 2 aromatic rings. The third-order valence-corrected chi connectivity index (χ3v) is 3.74. The van der Waals surface area contributed by atoms with Gasteiger partial charge in [-0.3, -0.25) is 4.98 Å². The van der Waals surface area contributed by atoms with Gasteiger partial charge in [0, 0.05) is 21.0 Å². The van der Waals surface area contributed by atoms with Crippen LogP contribution in [0.3, 0.4) is 0 Å². The van der Waals surface area contributed by atoms with E-state index in [1.165, 1.54) is 0 Å². The van der Waals surface area contributed by atoms with Crippen LogP contribution in [0.4, 0.5) is 13.2 Å². The number of hydrogen-bond donors (Lipinski definition) is 1. The van der Waals surface area contributed by atoms with Gasteiger partial charge in [-0.2, -0.15) is 13.2 Å². The quantitative estimate of drug-likeness (QED) is 0.503. The average Bonchev–Trinajstić information content (AvgIpc) is 2.42. The van der Waals surface area contributed by atoms with Crippen LogP contribution in [-0.2, 0) is 6.18 Å². The molecule has 0 aliphatic rings. The van der Waals surface area contributed by atoms with E-state index >= 15 is 0 Å². The standard InChI is InChI=1S/C13H8ClF3N2OS/c14-9-1-3-10(4-2-9)21-12-5-8(13(15,16)17)6-18-11(12)7-19-20/h1-7,20H/b19-7-. The molecule has 3 nitrogen and oxygen atoms in total. The van der Waals surface area contributed by atoms with Crippen LogP contribution in [0.5, 0.6) is 0 Å². The molecule has 0 unspecified atom stereocenters. The van der Waals surface area contributed by atoms with E-state index in [1.807, 2.05) is 0 Å². The fourth-order valence-electron chi connectivity index (χ4n) is 1.47. The Morgan fingerprint density at radius 2 is 1.90 bits per heavy atom. The lowest BCUT2D eigenvalue weighted by Gasteiger charge is -2.10. The SMILES string of the molecule is O/N=C\c1ncc(C(F)(F)F)cc1Sc1ccc(Cl)cc1. The van der Waals surface area contributed by atoms with E-state index in [4.69, 9.17) is 16.8 Å². The van der Waals surface area contributed by atoms with Crippen LogP contribution in [0.2, 0.25) is 5.02 Å². The largest absolute Gasteiger partial charge is 0.417 e. The molecule has 1 N–H and O–H groups in total. The molecular weight excluding hydrogens is 325 g/mol. The van der Waals surface area contributed by atoms with E-state index in [-0.39, 0.29) is 10.6 Å². The molecule has 1 aromatic heterocycles. The van der Waals surface area contributed by atoms with E-state index in [0.29, 0.717) is 16.1 Å². The summed E-state index contributed by atoms with van der Waals surface area (Å²) in [5.74, 6) is 0. The van der Waals surface area contributed by atoms with Gasteiger partial charge in [0.2, 0.25) is 0 Å². The van der Waals surface area contributed by atoms with Crippen LogP contribution < -0.4 is 0 Å². The van der Waals surface area contributed by atoms with E-state index in [2.05, 4.69) is 10.1 Å². The Bertz CT molecular complexity index is 659. The summed E-state index contributed by atoms with van der Waals surface area (Å²) in [5, 5.41) is 11.9. The Kier molecular flexibility index (Phi) is 4.74. The van der Waals surface area contributed by atoms with Crippen LogP contribution in [0.25, 0.3) is 0 Å². The molecule has 0 saturated heterocycles. The first kappa shape index (κ1) is 15.7. The smallest absolute Gasteiger partial charge is 0.411 e. The number of aromatic nitrogens is 1. The molecule has 0 fully saturated rings. The minimum Gasteiger partial charge on any atom is -0.411 e. The number of pyridine rings is 1. The van der Waals surface area contributed by atoms with Gasteiger partial charge in [-0.1, -0.05) is 28.5 Å². The molecule has 8 heteroatoms. The lowest BCUT2D eigenvalue weighted by Crippen LogP contribution is -2.07. The Morgan fingerprint density at radius 3 is 2.48 bits per heavy atom. The lowest BCUT2D eigenvalue weighted by molar-refractivity contribution is -0.138. The number of oxime groups is 1. The average molecular weight is 333 g/mol. The van der Waals surface area contributed by atoms with Gasteiger partial charge in [-0.15, -0.1) is 0 Å². The maximum Gasteiger partial charge on any atom is 0.417 e. The molecular formula is C13H8ClF3N2OS. The van der Waals surface area contributed by atoms with Crippen molar-refractivity contribution in [2.24, 2.45) is 5.16 Å². The molecule has 110 valence electrons. The third-order valence-electron chi connectivity index (χ3n) is 2.43. The molecule has 0 amide bonds. The van der Waals surface area contributed by atoms with Crippen molar-refractivity contribution in [3.8, 4) is 0 Å². The summed E-state index contributed by atoms with van der Waals surface area (Å²) >= 11 is 6.83. The number of benzene rings is 1. The topological polar surface area (TPSA) is 45.5 Å². The lowest BCUT2D eigenvalue weighted by atomic mass is 10.2. The molecule has 0 aliphatic heterocycles. The molecule has 0 radical (unpaired) electrons. The first-order valence-corrected chi connectivity index (χ1v) is 6.77.